The van der Waals surface area contributed by atoms with Gasteiger partial charge in [0.05, 0.1) is 0 Å². The second kappa shape index (κ2) is 6.64. The fourth-order valence-electron chi connectivity index (χ4n) is 1.93. The summed E-state index contributed by atoms with van der Waals surface area (Å²) in [5.74, 6) is -0.166. The van der Waals surface area contributed by atoms with Gasteiger partial charge in [-0.2, -0.15) is 0 Å². The maximum Gasteiger partial charge on any atom is 0.123 e. The molecule has 2 heteroatoms. The third kappa shape index (κ3) is 4.31. The summed E-state index contributed by atoms with van der Waals surface area (Å²) in [7, 11) is 0. The van der Waals surface area contributed by atoms with Crippen molar-refractivity contribution in [3.05, 3.63) is 35.1 Å². The van der Waals surface area contributed by atoms with Crippen LogP contribution in [-0.4, -0.2) is 6.04 Å². The van der Waals surface area contributed by atoms with Crippen LogP contribution >= 0.6 is 0 Å². The molecule has 2 N–H and O–H groups in total. The van der Waals surface area contributed by atoms with Gasteiger partial charge in [-0.3, -0.25) is 0 Å². The molecule has 0 aliphatic carbocycles. The van der Waals surface area contributed by atoms with Crippen LogP contribution in [0.5, 0.6) is 0 Å². The summed E-state index contributed by atoms with van der Waals surface area (Å²) in [6.45, 7) is 4.13. The molecule has 0 aliphatic rings. The van der Waals surface area contributed by atoms with E-state index in [0.29, 0.717) is 0 Å². The zero-order valence-corrected chi connectivity index (χ0v) is 10.3. The van der Waals surface area contributed by atoms with Gasteiger partial charge < -0.3 is 5.73 Å². The highest BCUT2D eigenvalue weighted by atomic mass is 19.1. The number of aryl methyl sites for hydroxylation is 1. The van der Waals surface area contributed by atoms with Crippen LogP contribution in [-0.2, 0) is 6.42 Å². The molecule has 1 aromatic rings. The molecular weight excluding hydrogens is 201 g/mol. The SMILES string of the molecule is CCCCCC(N)Cc1ccc(F)cc1C. The summed E-state index contributed by atoms with van der Waals surface area (Å²) in [6, 6.07) is 5.15. The van der Waals surface area contributed by atoms with Crippen molar-refractivity contribution in [2.45, 2.75) is 52.0 Å². The second-order valence-corrected chi connectivity index (χ2v) is 4.53. The Morgan fingerprint density at radius 2 is 2.06 bits per heavy atom. The first-order valence-electron chi connectivity index (χ1n) is 6.14. The molecule has 1 rings (SSSR count). The highest BCUT2D eigenvalue weighted by Crippen LogP contribution is 2.14. The molecule has 1 nitrogen and oxygen atoms in total. The molecule has 0 saturated heterocycles. The van der Waals surface area contributed by atoms with E-state index in [1.807, 2.05) is 13.0 Å². The van der Waals surface area contributed by atoms with Gasteiger partial charge in [0.15, 0.2) is 0 Å². The molecule has 1 atom stereocenters. The van der Waals surface area contributed by atoms with Crippen LogP contribution in [0, 0.1) is 12.7 Å². The maximum absolute atomic E-state index is 12.9. The number of hydrogen-bond donors (Lipinski definition) is 1. The molecule has 0 spiro atoms. The van der Waals surface area contributed by atoms with Gasteiger partial charge in [0, 0.05) is 6.04 Å². The lowest BCUT2D eigenvalue weighted by atomic mass is 9.98. The molecule has 0 amide bonds. The van der Waals surface area contributed by atoms with Crippen LogP contribution < -0.4 is 5.73 Å². The largest absolute Gasteiger partial charge is 0.327 e. The molecule has 0 radical (unpaired) electrons. The highest BCUT2D eigenvalue weighted by Gasteiger charge is 2.06. The minimum absolute atomic E-state index is 0.166. The number of unbranched alkanes of at least 4 members (excludes halogenated alkanes) is 2. The Morgan fingerprint density at radius 1 is 1.31 bits per heavy atom. The number of halogens is 1. The molecule has 16 heavy (non-hydrogen) atoms. The smallest absolute Gasteiger partial charge is 0.123 e. The van der Waals surface area contributed by atoms with Crippen molar-refractivity contribution in [2.75, 3.05) is 0 Å². The Bertz CT molecular complexity index is 323. The normalized spacial score (nSPS) is 12.8. The van der Waals surface area contributed by atoms with Crippen molar-refractivity contribution in [1.29, 1.82) is 0 Å². The lowest BCUT2D eigenvalue weighted by molar-refractivity contribution is 0.555. The molecule has 1 unspecified atom stereocenters. The number of hydrogen-bond acceptors (Lipinski definition) is 1. The van der Waals surface area contributed by atoms with Crippen LogP contribution in [0.3, 0.4) is 0 Å². The Morgan fingerprint density at radius 3 is 2.69 bits per heavy atom. The summed E-state index contributed by atoms with van der Waals surface area (Å²) < 4.78 is 12.9. The Kier molecular flexibility index (Phi) is 5.47. The van der Waals surface area contributed by atoms with Gasteiger partial charge in [-0.25, -0.2) is 4.39 Å². The average molecular weight is 223 g/mol. The quantitative estimate of drug-likeness (QED) is 0.733. The van der Waals surface area contributed by atoms with Gasteiger partial charge in [-0.1, -0.05) is 32.3 Å². The molecular formula is C14H22FN. The fraction of sp³-hybridized carbons (Fsp3) is 0.571. The predicted octanol–water partition coefficient (Wildman–Crippen LogP) is 3.58. The van der Waals surface area contributed by atoms with Gasteiger partial charge in [0.25, 0.3) is 0 Å². The van der Waals surface area contributed by atoms with Gasteiger partial charge in [0.1, 0.15) is 5.82 Å². The Hall–Kier alpha value is -0.890. The van der Waals surface area contributed by atoms with Crippen LogP contribution in [0.15, 0.2) is 18.2 Å². The minimum atomic E-state index is -0.166. The van der Waals surface area contributed by atoms with Crippen molar-refractivity contribution >= 4 is 0 Å². The van der Waals surface area contributed by atoms with Gasteiger partial charge in [-0.15, -0.1) is 0 Å². The standard InChI is InChI=1S/C14H22FN/c1-3-4-5-6-14(16)10-12-7-8-13(15)9-11(12)2/h7-9,14H,3-6,10,16H2,1-2H3. The lowest BCUT2D eigenvalue weighted by Gasteiger charge is -2.13. The summed E-state index contributed by atoms with van der Waals surface area (Å²) in [5, 5.41) is 0. The van der Waals surface area contributed by atoms with E-state index in [1.165, 1.54) is 30.9 Å². The van der Waals surface area contributed by atoms with Crippen molar-refractivity contribution in [3.63, 3.8) is 0 Å². The summed E-state index contributed by atoms with van der Waals surface area (Å²) in [6.07, 6.45) is 5.58. The minimum Gasteiger partial charge on any atom is -0.327 e. The van der Waals surface area contributed by atoms with E-state index in [4.69, 9.17) is 5.73 Å². The third-order valence-electron chi connectivity index (χ3n) is 2.97. The van der Waals surface area contributed by atoms with E-state index in [2.05, 4.69) is 6.92 Å². The summed E-state index contributed by atoms with van der Waals surface area (Å²) in [5.41, 5.74) is 8.24. The zero-order chi connectivity index (χ0) is 12.0. The van der Waals surface area contributed by atoms with Crippen molar-refractivity contribution < 1.29 is 4.39 Å². The molecule has 0 saturated carbocycles. The van der Waals surface area contributed by atoms with E-state index in [-0.39, 0.29) is 11.9 Å². The van der Waals surface area contributed by atoms with E-state index in [9.17, 15) is 4.39 Å². The average Bonchev–Trinajstić information content (AvgIpc) is 2.23. The van der Waals surface area contributed by atoms with Crippen LogP contribution in [0.25, 0.3) is 0 Å². The zero-order valence-electron chi connectivity index (χ0n) is 10.3. The fourth-order valence-corrected chi connectivity index (χ4v) is 1.93. The molecule has 0 bridgehead atoms. The lowest BCUT2D eigenvalue weighted by Crippen LogP contribution is -2.23. The van der Waals surface area contributed by atoms with Crippen LogP contribution in [0.1, 0.15) is 43.7 Å². The Labute approximate surface area is 97.9 Å². The van der Waals surface area contributed by atoms with Gasteiger partial charge >= 0.3 is 0 Å². The summed E-state index contributed by atoms with van der Waals surface area (Å²) in [4.78, 5) is 0. The predicted molar refractivity (Wildman–Crippen MR) is 67.0 cm³/mol. The molecule has 90 valence electrons. The Balaban J connectivity index is 2.46. The van der Waals surface area contributed by atoms with Gasteiger partial charge in [-0.05, 0) is 43.0 Å². The second-order valence-electron chi connectivity index (χ2n) is 4.53. The van der Waals surface area contributed by atoms with E-state index < -0.39 is 0 Å². The van der Waals surface area contributed by atoms with Crippen LogP contribution in [0.2, 0.25) is 0 Å². The van der Waals surface area contributed by atoms with Crippen molar-refractivity contribution in [2.24, 2.45) is 5.73 Å². The first-order chi connectivity index (χ1) is 7.63. The first kappa shape index (κ1) is 13.2. The number of rotatable bonds is 6. The van der Waals surface area contributed by atoms with E-state index in [0.717, 1.165) is 18.4 Å². The molecule has 0 heterocycles. The molecule has 0 aromatic heterocycles. The van der Waals surface area contributed by atoms with E-state index in [1.54, 1.807) is 6.07 Å². The topological polar surface area (TPSA) is 26.0 Å². The summed E-state index contributed by atoms with van der Waals surface area (Å²) >= 11 is 0. The van der Waals surface area contributed by atoms with Crippen molar-refractivity contribution in [3.8, 4) is 0 Å². The van der Waals surface area contributed by atoms with E-state index >= 15 is 0 Å². The third-order valence-corrected chi connectivity index (χ3v) is 2.97. The number of nitrogens with two attached hydrogens (primary N) is 1. The molecule has 0 fully saturated rings. The monoisotopic (exact) mass is 223 g/mol. The first-order valence-corrected chi connectivity index (χ1v) is 6.14. The van der Waals surface area contributed by atoms with Gasteiger partial charge in [0.2, 0.25) is 0 Å². The molecule has 1 aromatic carbocycles. The highest BCUT2D eigenvalue weighted by molar-refractivity contribution is 5.27. The number of benzene rings is 1. The maximum atomic E-state index is 12.9. The molecule has 0 aliphatic heterocycles. The van der Waals surface area contributed by atoms with Crippen molar-refractivity contribution in [1.82, 2.24) is 0 Å². The van der Waals surface area contributed by atoms with Crippen LogP contribution in [0.4, 0.5) is 4.39 Å².